The maximum Gasteiger partial charge on any atom is 0.329 e. The fourth-order valence-electron chi connectivity index (χ4n) is 9.53. The van der Waals surface area contributed by atoms with Crippen LogP contribution in [0.15, 0.2) is 23.3 Å². The lowest BCUT2D eigenvalue weighted by atomic mass is 9.81. The van der Waals surface area contributed by atoms with Gasteiger partial charge in [0.05, 0.1) is 30.5 Å². The van der Waals surface area contributed by atoms with Crippen LogP contribution in [0, 0.1) is 29.6 Å². The molecule has 3 aliphatic heterocycles. The number of piperidine rings is 1. The van der Waals surface area contributed by atoms with Crippen molar-refractivity contribution < 1.29 is 63.0 Å². The molecule has 1 amide bonds. The average molecular weight is 820 g/mol. The number of allylic oxidation sites excluding steroid dienone is 3. The number of hydrogen-bond acceptors (Lipinski definition) is 13. The number of esters is 1. The van der Waals surface area contributed by atoms with Crippen LogP contribution >= 0.6 is 0 Å². The highest BCUT2D eigenvalue weighted by atomic mass is 16.7. The van der Waals surface area contributed by atoms with Crippen molar-refractivity contribution in [3.63, 3.8) is 0 Å². The molecule has 1 saturated carbocycles. The molecule has 4 rings (SSSR count). The van der Waals surface area contributed by atoms with Crippen LogP contribution in [0.1, 0.15) is 112 Å². The monoisotopic (exact) mass is 819 g/mol. The normalized spacial score (nSPS) is 40.5. The predicted molar refractivity (Wildman–Crippen MR) is 213 cm³/mol. The second-order valence-electron chi connectivity index (χ2n) is 17.7. The maximum absolute atomic E-state index is 14.3. The first kappa shape index (κ1) is 47.8. The van der Waals surface area contributed by atoms with E-state index in [9.17, 15) is 39.3 Å². The van der Waals surface area contributed by atoms with Gasteiger partial charge in [-0.25, -0.2) is 4.79 Å². The van der Waals surface area contributed by atoms with E-state index in [1.807, 2.05) is 19.9 Å². The number of ether oxygens (including phenoxy) is 5. The van der Waals surface area contributed by atoms with E-state index in [1.54, 1.807) is 34.0 Å². The number of fused-ring (bicyclic) bond motifs is 3. The molecule has 14 heteroatoms. The standard InChI is InChI=1S/C44H69NO13/c1-24-16-25(2)18-37(55-8)40-38(56-9)20-27(4)44(53,58-40)41(50)42(51)45-15-11-10-12-32(45)43(52)57-39(26(3)19-30-13-14-33(47)36(22-30)54-7)29(6)34(48)23-35(49)31(17-24)21-28(5)46/h17,19,24-25,27,29-30,32-34,36-40,47-48,53H,10-16,18,20-23H2,1-9H3/b26-19?,31-17+/t24?,25-,27+,29+,30-,32-,33+,34-,36+,37-,38-,39+,40+,44+/m0/s1. The number of Topliss-reactive ketones (excluding diaryl/α,β-unsaturated/α-hetero) is 3. The molecule has 3 fully saturated rings. The number of ketones is 3. The second kappa shape index (κ2) is 21.1. The number of hydrogen-bond donors (Lipinski definition) is 3. The third kappa shape index (κ3) is 11.5. The van der Waals surface area contributed by atoms with E-state index < -0.39 is 77.9 Å². The number of carbonyl (C=O) groups is 5. The third-order valence-corrected chi connectivity index (χ3v) is 12.9. The third-order valence-electron chi connectivity index (χ3n) is 12.9. The minimum absolute atomic E-state index is 0.0325. The van der Waals surface area contributed by atoms with E-state index in [0.29, 0.717) is 56.1 Å². The van der Waals surface area contributed by atoms with Gasteiger partial charge in [-0.2, -0.15) is 0 Å². The van der Waals surface area contributed by atoms with Crippen LogP contribution in [0.25, 0.3) is 0 Å². The molecule has 0 radical (unpaired) electrons. The lowest BCUT2D eigenvalue weighted by molar-refractivity contribution is -0.302. The van der Waals surface area contributed by atoms with Crippen molar-refractivity contribution in [2.45, 2.75) is 167 Å². The molecule has 4 aliphatic rings. The highest BCUT2D eigenvalue weighted by Crippen LogP contribution is 2.39. The minimum Gasteiger partial charge on any atom is -0.456 e. The van der Waals surface area contributed by atoms with E-state index in [1.165, 1.54) is 21.1 Å². The van der Waals surface area contributed by atoms with Gasteiger partial charge >= 0.3 is 5.97 Å². The molecule has 14 atom stereocenters. The van der Waals surface area contributed by atoms with Gasteiger partial charge in [-0.3, -0.25) is 19.2 Å². The summed E-state index contributed by atoms with van der Waals surface area (Å²) < 4.78 is 29.7. The first-order chi connectivity index (χ1) is 27.3. The molecule has 0 aromatic heterocycles. The predicted octanol–water partition coefficient (Wildman–Crippen LogP) is 4.04. The summed E-state index contributed by atoms with van der Waals surface area (Å²) in [5.41, 5.74) is 0.905. The zero-order valence-electron chi connectivity index (χ0n) is 36.0. The van der Waals surface area contributed by atoms with Gasteiger partial charge in [0.1, 0.15) is 24.0 Å². The Kier molecular flexibility index (Phi) is 17.4. The van der Waals surface area contributed by atoms with Crippen molar-refractivity contribution in [3.8, 4) is 0 Å². The molecule has 3 N–H and O–H groups in total. The Morgan fingerprint density at radius 2 is 1.53 bits per heavy atom. The molecule has 1 aliphatic carbocycles. The lowest BCUT2D eigenvalue weighted by Gasteiger charge is -2.47. The molecule has 1 unspecified atom stereocenters. The second-order valence-corrected chi connectivity index (χ2v) is 17.7. The quantitative estimate of drug-likeness (QED) is 0.189. The topological polar surface area (TPSA) is 195 Å². The smallest absolute Gasteiger partial charge is 0.329 e. The van der Waals surface area contributed by atoms with E-state index in [0.717, 1.165) is 4.90 Å². The Bertz CT molecular complexity index is 1530. The first-order valence-electron chi connectivity index (χ1n) is 21.2. The van der Waals surface area contributed by atoms with Crippen LogP contribution in [-0.4, -0.2) is 132 Å². The summed E-state index contributed by atoms with van der Waals surface area (Å²) in [5.74, 6) is -8.07. The summed E-state index contributed by atoms with van der Waals surface area (Å²) in [4.78, 5) is 70.3. The van der Waals surface area contributed by atoms with Crippen LogP contribution in [-0.2, 0) is 47.7 Å². The molecule has 3 heterocycles. The van der Waals surface area contributed by atoms with E-state index in [2.05, 4.69) is 0 Å². The van der Waals surface area contributed by atoms with Crippen LogP contribution in [0.3, 0.4) is 0 Å². The minimum atomic E-state index is -2.53. The lowest BCUT2D eigenvalue weighted by Crippen LogP contribution is -2.64. The van der Waals surface area contributed by atoms with Gasteiger partial charge in [0.2, 0.25) is 5.79 Å². The van der Waals surface area contributed by atoms with Crippen molar-refractivity contribution in [3.05, 3.63) is 23.3 Å². The summed E-state index contributed by atoms with van der Waals surface area (Å²) in [5, 5.41) is 34.1. The van der Waals surface area contributed by atoms with Crippen LogP contribution in [0.4, 0.5) is 0 Å². The van der Waals surface area contributed by atoms with Crippen molar-refractivity contribution in [2.75, 3.05) is 27.9 Å². The summed E-state index contributed by atoms with van der Waals surface area (Å²) >= 11 is 0. The van der Waals surface area contributed by atoms with E-state index in [4.69, 9.17) is 23.7 Å². The zero-order chi connectivity index (χ0) is 43.1. The number of amides is 1. The van der Waals surface area contributed by atoms with Gasteiger partial charge < -0.3 is 43.9 Å². The highest BCUT2D eigenvalue weighted by Gasteiger charge is 2.56. The number of nitrogens with zero attached hydrogens (tertiary/aromatic N) is 1. The molecule has 328 valence electrons. The molecule has 2 bridgehead atoms. The van der Waals surface area contributed by atoms with Crippen LogP contribution in [0.2, 0.25) is 0 Å². The van der Waals surface area contributed by atoms with Gasteiger partial charge in [-0.05, 0) is 101 Å². The van der Waals surface area contributed by atoms with Crippen molar-refractivity contribution >= 4 is 29.2 Å². The molecular formula is C44H69NO13. The van der Waals surface area contributed by atoms with Crippen LogP contribution in [0.5, 0.6) is 0 Å². The van der Waals surface area contributed by atoms with Gasteiger partial charge in [0, 0.05) is 52.6 Å². The number of carbonyl (C=O) groups excluding carboxylic acids is 5. The van der Waals surface area contributed by atoms with Crippen LogP contribution < -0.4 is 0 Å². The fourth-order valence-corrected chi connectivity index (χ4v) is 9.53. The number of rotatable bonds is 7. The molecule has 0 aromatic carbocycles. The van der Waals surface area contributed by atoms with E-state index in [-0.39, 0.29) is 67.7 Å². The number of aliphatic hydroxyl groups excluding tert-OH is 2. The number of methoxy groups -OCH3 is 3. The highest BCUT2D eigenvalue weighted by molar-refractivity contribution is 6.39. The number of cyclic esters (lactones) is 1. The van der Waals surface area contributed by atoms with Gasteiger partial charge in [0.25, 0.3) is 11.7 Å². The van der Waals surface area contributed by atoms with E-state index >= 15 is 0 Å². The fraction of sp³-hybridized carbons (Fsp3) is 0.795. The Morgan fingerprint density at radius 1 is 0.879 bits per heavy atom. The first-order valence-corrected chi connectivity index (χ1v) is 21.2. The molecule has 2 saturated heterocycles. The molecule has 58 heavy (non-hydrogen) atoms. The van der Waals surface area contributed by atoms with Gasteiger partial charge in [-0.1, -0.05) is 39.8 Å². The SMILES string of the molecule is CO[C@H]1C[C@@H](C)CC(C)/C=C(\CC(C)=O)C(=O)C[C@H](O)[C@@H](C)[C@@H](C(C)=C[C@@H]2CC[C@@H](O)[C@H](OC)C2)OC(=O)[C@@H]2CCCCN2C(=O)C(=O)[C@]2(O)O[C@H]1[C@@H](OC)C[C@H]2C. The Labute approximate surface area is 344 Å². The van der Waals surface area contributed by atoms with Crippen molar-refractivity contribution in [1.82, 2.24) is 4.90 Å². The molecule has 0 spiro atoms. The molecular weight excluding hydrogens is 750 g/mol. The molecule has 0 aromatic rings. The van der Waals surface area contributed by atoms with Crippen molar-refractivity contribution in [2.24, 2.45) is 29.6 Å². The Balaban J connectivity index is 1.79. The Hall–Kier alpha value is -2.85. The van der Waals surface area contributed by atoms with Gasteiger partial charge in [-0.15, -0.1) is 0 Å². The largest absolute Gasteiger partial charge is 0.456 e. The summed E-state index contributed by atoms with van der Waals surface area (Å²) in [6.45, 7) is 10.5. The molecule has 14 nitrogen and oxygen atoms in total. The maximum atomic E-state index is 14.3. The van der Waals surface area contributed by atoms with Crippen molar-refractivity contribution in [1.29, 1.82) is 0 Å². The Morgan fingerprint density at radius 3 is 2.17 bits per heavy atom. The average Bonchev–Trinajstić information content (AvgIpc) is 3.18. The summed E-state index contributed by atoms with van der Waals surface area (Å²) in [7, 11) is 4.56. The summed E-state index contributed by atoms with van der Waals surface area (Å²) in [6, 6.07) is -1.17. The zero-order valence-corrected chi connectivity index (χ0v) is 36.0. The van der Waals surface area contributed by atoms with Gasteiger partial charge in [0.15, 0.2) is 5.78 Å². The number of aliphatic hydroxyl groups is 3. The summed E-state index contributed by atoms with van der Waals surface area (Å²) in [6.07, 6.45) is 1.95.